The van der Waals surface area contributed by atoms with Crippen LogP contribution in [0.25, 0.3) is 0 Å². The normalized spacial score (nSPS) is 18.5. The molecule has 1 aliphatic heterocycles. The monoisotopic (exact) mass is 421 g/mol. The molecule has 1 heterocycles. The Labute approximate surface area is 175 Å². The molecule has 0 saturated carbocycles. The van der Waals surface area contributed by atoms with E-state index in [4.69, 9.17) is 5.73 Å². The van der Waals surface area contributed by atoms with E-state index in [0.29, 0.717) is 6.42 Å². The molecule has 2 aromatic rings. The number of carbonyl (C=O) groups is 1. The van der Waals surface area contributed by atoms with E-state index >= 15 is 0 Å². The maximum Gasteiger partial charge on any atom is 0.238 e. The number of hydrogen-bond donors (Lipinski definition) is 2. The standard InChI is InChI=1S/C19H20F2N2OS.C3H9N/c1-12(2)10-17(24)23-19(13-6-4-3-5-7-13)25-18(22-23)15-11-14(20)8-9-16(15)21;1-2-3-4/h3-9,11-12,18-19,22H,10H2,1-2H3;2-4H2,1H3. The largest absolute Gasteiger partial charge is 0.330 e. The highest BCUT2D eigenvalue weighted by Gasteiger charge is 2.38. The second kappa shape index (κ2) is 11.3. The number of nitrogens with zero attached hydrogens (tertiary/aromatic N) is 1. The van der Waals surface area contributed by atoms with E-state index < -0.39 is 17.0 Å². The maximum absolute atomic E-state index is 14.2. The Morgan fingerprint density at radius 1 is 1.21 bits per heavy atom. The van der Waals surface area contributed by atoms with Crippen molar-refractivity contribution < 1.29 is 13.6 Å². The predicted octanol–water partition coefficient (Wildman–Crippen LogP) is 5.14. The first kappa shape index (κ1) is 23.3. The van der Waals surface area contributed by atoms with Crippen molar-refractivity contribution in [2.24, 2.45) is 11.7 Å². The predicted molar refractivity (Wildman–Crippen MR) is 115 cm³/mol. The molecule has 0 aliphatic carbocycles. The van der Waals surface area contributed by atoms with Gasteiger partial charge in [0.1, 0.15) is 22.4 Å². The number of carbonyl (C=O) groups excluding carboxylic acids is 1. The van der Waals surface area contributed by atoms with Crippen molar-refractivity contribution in [2.75, 3.05) is 6.54 Å². The van der Waals surface area contributed by atoms with Gasteiger partial charge in [0.05, 0.1) is 0 Å². The van der Waals surface area contributed by atoms with Gasteiger partial charge < -0.3 is 5.73 Å². The van der Waals surface area contributed by atoms with E-state index in [9.17, 15) is 13.6 Å². The lowest BCUT2D eigenvalue weighted by molar-refractivity contribution is -0.135. The van der Waals surface area contributed by atoms with Crippen LogP contribution in [0.15, 0.2) is 48.5 Å². The van der Waals surface area contributed by atoms with Gasteiger partial charge in [-0.05, 0) is 42.6 Å². The Hall–Kier alpha value is -1.96. The van der Waals surface area contributed by atoms with Gasteiger partial charge in [-0.25, -0.2) is 14.2 Å². The highest BCUT2D eigenvalue weighted by Crippen LogP contribution is 2.47. The lowest BCUT2D eigenvalue weighted by Crippen LogP contribution is -2.40. The first-order valence-electron chi connectivity index (χ1n) is 9.81. The quantitative estimate of drug-likeness (QED) is 0.702. The van der Waals surface area contributed by atoms with E-state index in [0.717, 1.165) is 30.7 Å². The zero-order valence-corrected chi connectivity index (χ0v) is 17.9. The Bertz CT molecular complexity index is 787. The Morgan fingerprint density at radius 2 is 1.86 bits per heavy atom. The van der Waals surface area contributed by atoms with Crippen LogP contribution in [0.1, 0.15) is 55.5 Å². The number of nitrogens with one attached hydrogen (secondary N) is 1. The smallest absolute Gasteiger partial charge is 0.238 e. The van der Waals surface area contributed by atoms with Gasteiger partial charge in [-0.2, -0.15) is 0 Å². The molecule has 1 fully saturated rings. The average Bonchev–Trinajstić information content (AvgIpc) is 3.15. The molecule has 1 saturated heterocycles. The number of nitrogens with two attached hydrogens (primary N) is 1. The molecule has 1 aliphatic rings. The van der Waals surface area contributed by atoms with Crippen molar-refractivity contribution in [1.82, 2.24) is 10.4 Å². The summed E-state index contributed by atoms with van der Waals surface area (Å²) in [5, 5.41) is 0.729. The van der Waals surface area contributed by atoms with Crippen LogP contribution in [0.5, 0.6) is 0 Å². The first-order chi connectivity index (χ1) is 13.9. The van der Waals surface area contributed by atoms with Gasteiger partial charge >= 0.3 is 0 Å². The molecular weight excluding hydrogens is 392 g/mol. The fourth-order valence-corrected chi connectivity index (χ4v) is 4.14. The second-order valence-electron chi connectivity index (χ2n) is 7.22. The number of hydrazine groups is 1. The summed E-state index contributed by atoms with van der Waals surface area (Å²) in [6.45, 7) is 6.82. The lowest BCUT2D eigenvalue weighted by Gasteiger charge is -2.24. The van der Waals surface area contributed by atoms with Crippen LogP contribution in [0.3, 0.4) is 0 Å². The zero-order chi connectivity index (χ0) is 21.4. The third-order valence-electron chi connectivity index (χ3n) is 4.22. The molecule has 1 amide bonds. The summed E-state index contributed by atoms with van der Waals surface area (Å²) >= 11 is 1.39. The highest BCUT2D eigenvalue weighted by molar-refractivity contribution is 7.99. The van der Waals surface area contributed by atoms with Crippen LogP contribution < -0.4 is 11.2 Å². The van der Waals surface area contributed by atoms with Gasteiger partial charge in [0.2, 0.25) is 5.91 Å². The van der Waals surface area contributed by atoms with Crippen LogP contribution in [0, 0.1) is 17.6 Å². The fourth-order valence-electron chi connectivity index (χ4n) is 2.77. The van der Waals surface area contributed by atoms with Crippen molar-refractivity contribution in [3.63, 3.8) is 0 Å². The van der Waals surface area contributed by atoms with Crippen LogP contribution in [-0.4, -0.2) is 17.5 Å². The van der Waals surface area contributed by atoms with E-state index in [1.807, 2.05) is 44.2 Å². The summed E-state index contributed by atoms with van der Waals surface area (Å²) in [6, 6.07) is 12.9. The lowest BCUT2D eigenvalue weighted by atomic mass is 10.1. The van der Waals surface area contributed by atoms with E-state index in [-0.39, 0.29) is 22.8 Å². The van der Waals surface area contributed by atoms with E-state index in [1.165, 1.54) is 17.8 Å². The minimum atomic E-state index is -0.531. The Morgan fingerprint density at radius 3 is 2.45 bits per heavy atom. The molecule has 0 bridgehead atoms. The molecular formula is C22H29F2N3OS. The molecule has 2 unspecified atom stereocenters. The summed E-state index contributed by atoms with van der Waals surface area (Å²) in [5.74, 6) is -0.838. The number of amides is 1. The van der Waals surface area contributed by atoms with Crippen molar-refractivity contribution in [3.8, 4) is 0 Å². The summed E-state index contributed by atoms with van der Waals surface area (Å²) in [5.41, 5.74) is 9.25. The fraction of sp³-hybridized carbons (Fsp3) is 0.409. The van der Waals surface area contributed by atoms with Crippen molar-refractivity contribution in [3.05, 3.63) is 71.3 Å². The number of thioether (sulfide) groups is 1. The third-order valence-corrected chi connectivity index (χ3v) is 5.59. The van der Waals surface area contributed by atoms with Gasteiger partial charge in [0.15, 0.2) is 0 Å². The number of hydrogen-bond acceptors (Lipinski definition) is 4. The summed E-state index contributed by atoms with van der Waals surface area (Å²) in [7, 11) is 0. The topological polar surface area (TPSA) is 58.4 Å². The third kappa shape index (κ3) is 6.52. The minimum Gasteiger partial charge on any atom is -0.330 e. The molecule has 29 heavy (non-hydrogen) atoms. The molecule has 0 spiro atoms. The van der Waals surface area contributed by atoms with E-state index in [1.54, 1.807) is 5.01 Å². The Balaban J connectivity index is 0.000000687. The van der Waals surface area contributed by atoms with Crippen molar-refractivity contribution in [2.45, 2.75) is 44.4 Å². The van der Waals surface area contributed by atoms with Crippen molar-refractivity contribution in [1.29, 1.82) is 0 Å². The van der Waals surface area contributed by atoms with Gasteiger partial charge in [-0.1, -0.05) is 51.1 Å². The zero-order valence-electron chi connectivity index (χ0n) is 17.1. The van der Waals surface area contributed by atoms with Gasteiger partial charge in [0.25, 0.3) is 0 Å². The van der Waals surface area contributed by atoms with Gasteiger partial charge in [-0.15, -0.1) is 11.8 Å². The second-order valence-corrected chi connectivity index (χ2v) is 8.41. The molecule has 2 aromatic carbocycles. The molecule has 158 valence electrons. The highest BCUT2D eigenvalue weighted by atomic mass is 32.2. The Kier molecular flexibility index (Phi) is 9.07. The van der Waals surface area contributed by atoms with Crippen LogP contribution in [0.4, 0.5) is 8.78 Å². The summed E-state index contributed by atoms with van der Waals surface area (Å²) in [4.78, 5) is 12.7. The first-order valence-corrected chi connectivity index (χ1v) is 10.7. The number of halogens is 2. The van der Waals surface area contributed by atoms with E-state index in [2.05, 4.69) is 12.3 Å². The molecule has 4 nitrogen and oxygen atoms in total. The summed E-state index contributed by atoms with van der Waals surface area (Å²) in [6.07, 6.45) is 1.48. The molecule has 7 heteroatoms. The minimum absolute atomic E-state index is 0.0596. The maximum atomic E-state index is 14.2. The molecule has 2 atom stereocenters. The summed E-state index contributed by atoms with van der Waals surface area (Å²) < 4.78 is 27.7. The van der Waals surface area contributed by atoms with Crippen molar-refractivity contribution >= 4 is 17.7 Å². The van der Waals surface area contributed by atoms with Crippen LogP contribution in [-0.2, 0) is 4.79 Å². The van der Waals surface area contributed by atoms with Gasteiger partial charge in [-0.3, -0.25) is 9.80 Å². The molecule has 0 radical (unpaired) electrons. The molecule has 0 aromatic heterocycles. The molecule has 3 rings (SSSR count). The number of benzene rings is 2. The van der Waals surface area contributed by atoms with Crippen LogP contribution >= 0.6 is 11.8 Å². The van der Waals surface area contributed by atoms with Crippen LogP contribution in [0.2, 0.25) is 0 Å². The average molecular weight is 422 g/mol. The number of rotatable bonds is 5. The molecule has 3 N–H and O–H groups in total. The SMILES string of the molecule is CC(C)CC(=O)N1NC(c2cc(F)ccc2F)SC1c1ccccc1.CCCN. The van der Waals surface area contributed by atoms with Gasteiger partial charge in [0, 0.05) is 12.0 Å².